The van der Waals surface area contributed by atoms with Crippen molar-refractivity contribution in [1.29, 1.82) is 0 Å². The van der Waals surface area contributed by atoms with E-state index in [0.29, 0.717) is 5.82 Å². The molecule has 1 N–H and O–H groups in total. The van der Waals surface area contributed by atoms with Gasteiger partial charge in [0.1, 0.15) is 0 Å². The molecule has 1 aromatic carbocycles. The quantitative estimate of drug-likeness (QED) is 0.821. The molecule has 0 amide bonds. The molecule has 1 heterocycles. The average Bonchev–Trinajstić information content (AvgIpc) is 2.66. The van der Waals surface area contributed by atoms with Gasteiger partial charge in [0.2, 0.25) is 0 Å². The Bertz CT molecular complexity index is 459. The van der Waals surface area contributed by atoms with Crippen LogP contribution in [-0.4, -0.2) is 10.1 Å². The lowest BCUT2D eigenvalue weighted by Crippen LogP contribution is -1.98. The Morgan fingerprint density at radius 2 is 2.00 bits per heavy atom. The van der Waals surface area contributed by atoms with Gasteiger partial charge in [-0.15, -0.1) is 0 Å². The molecule has 0 saturated carbocycles. The fraction of sp³-hybridized carbons (Fsp3) is 0.273. The molecule has 78 valence electrons. The molecule has 0 saturated heterocycles. The van der Waals surface area contributed by atoms with E-state index in [-0.39, 0.29) is 0 Å². The smallest absolute Gasteiger partial charge is 0.296 e. The lowest BCUT2D eigenvalue weighted by molar-refractivity contribution is 0.380. The topological polar surface area (TPSA) is 58.9 Å². The highest BCUT2D eigenvalue weighted by atomic mass is 16.5. The number of nitrogens with zero attached hydrogens (tertiary/aromatic N) is 1. The lowest BCUT2D eigenvalue weighted by atomic mass is 10.1. The molecule has 0 atom stereocenters. The Labute approximate surface area is 86.9 Å². The van der Waals surface area contributed by atoms with Gasteiger partial charge in [-0.2, -0.15) is 0 Å². The number of aryl methyl sites for hydroxylation is 2. The maximum absolute atomic E-state index is 10.6. The Kier molecular flexibility index (Phi) is 2.97. The summed E-state index contributed by atoms with van der Waals surface area (Å²) in [5.41, 5.74) is 1.29. The van der Waals surface area contributed by atoms with Crippen molar-refractivity contribution >= 4 is 0 Å². The summed E-state index contributed by atoms with van der Waals surface area (Å²) >= 11 is 0. The molecule has 0 radical (unpaired) electrons. The second kappa shape index (κ2) is 4.59. The highest BCUT2D eigenvalue weighted by molar-refractivity contribution is 5.14. The van der Waals surface area contributed by atoms with Crippen LogP contribution in [0.2, 0.25) is 0 Å². The van der Waals surface area contributed by atoms with Crippen LogP contribution in [0, 0.1) is 0 Å². The van der Waals surface area contributed by atoms with E-state index in [1.54, 1.807) is 0 Å². The molecule has 2 rings (SSSR count). The number of aromatic amines is 1. The van der Waals surface area contributed by atoms with Crippen LogP contribution >= 0.6 is 0 Å². The Morgan fingerprint density at radius 1 is 1.20 bits per heavy atom. The zero-order valence-corrected chi connectivity index (χ0v) is 8.27. The number of H-pyrrole nitrogens is 1. The van der Waals surface area contributed by atoms with E-state index in [1.165, 1.54) is 5.56 Å². The SMILES string of the molecule is O=c1[nH]c(CCCc2ccccc2)no1. The molecule has 15 heavy (non-hydrogen) atoms. The van der Waals surface area contributed by atoms with Gasteiger partial charge in [0, 0.05) is 6.42 Å². The largest absolute Gasteiger partial charge is 0.438 e. The van der Waals surface area contributed by atoms with Crippen molar-refractivity contribution in [2.24, 2.45) is 0 Å². The summed E-state index contributed by atoms with van der Waals surface area (Å²) in [6, 6.07) is 10.2. The van der Waals surface area contributed by atoms with E-state index < -0.39 is 5.76 Å². The van der Waals surface area contributed by atoms with E-state index in [0.717, 1.165) is 19.3 Å². The summed E-state index contributed by atoms with van der Waals surface area (Å²) < 4.78 is 4.41. The van der Waals surface area contributed by atoms with Gasteiger partial charge in [-0.05, 0) is 18.4 Å². The van der Waals surface area contributed by atoms with E-state index in [1.807, 2.05) is 18.2 Å². The van der Waals surface area contributed by atoms with Gasteiger partial charge < -0.3 is 0 Å². The Hall–Kier alpha value is -1.84. The second-order valence-corrected chi connectivity index (χ2v) is 3.38. The van der Waals surface area contributed by atoms with Crippen molar-refractivity contribution in [2.45, 2.75) is 19.3 Å². The van der Waals surface area contributed by atoms with Crippen LogP contribution in [-0.2, 0) is 12.8 Å². The molecule has 0 fully saturated rings. The number of aromatic nitrogens is 2. The minimum Gasteiger partial charge on any atom is -0.296 e. The molecule has 0 aliphatic carbocycles. The Morgan fingerprint density at radius 3 is 2.67 bits per heavy atom. The maximum atomic E-state index is 10.6. The maximum Gasteiger partial charge on any atom is 0.438 e. The third kappa shape index (κ3) is 2.80. The van der Waals surface area contributed by atoms with E-state index in [4.69, 9.17) is 0 Å². The number of hydrogen-bond acceptors (Lipinski definition) is 3. The molecule has 0 spiro atoms. The summed E-state index contributed by atoms with van der Waals surface area (Å²) in [5, 5.41) is 3.60. The van der Waals surface area contributed by atoms with Crippen molar-refractivity contribution in [3.05, 3.63) is 52.3 Å². The van der Waals surface area contributed by atoms with Crippen molar-refractivity contribution in [2.75, 3.05) is 0 Å². The number of nitrogens with one attached hydrogen (secondary N) is 1. The molecule has 0 bridgehead atoms. The van der Waals surface area contributed by atoms with E-state index >= 15 is 0 Å². The van der Waals surface area contributed by atoms with Gasteiger partial charge in [-0.3, -0.25) is 9.51 Å². The number of rotatable bonds is 4. The highest BCUT2D eigenvalue weighted by Gasteiger charge is 1.99. The van der Waals surface area contributed by atoms with Gasteiger partial charge in [0.05, 0.1) is 0 Å². The van der Waals surface area contributed by atoms with Gasteiger partial charge >= 0.3 is 5.76 Å². The number of hydrogen-bond donors (Lipinski definition) is 1. The van der Waals surface area contributed by atoms with Gasteiger partial charge in [0.25, 0.3) is 0 Å². The first-order valence-electron chi connectivity index (χ1n) is 4.93. The van der Waals surface area contributed by atoms with Crippen molar-refractivity contribution < 1.29 is 4.52 Å². The van der Waals surface area contributed by atoms with Gasteiger partial charge in [0.15, 0.2) is 5.82 Å². The van der Waals surface area contributed by atoms with Gasteiger partial charge in [-0.25, -0.2) is 4.79 Å². The van der Waals surface area contributed by atoms with Crippen LogP contribution in [0.1, 0.15) is 17.8 Å². The summed E-state index contributed by atoms with van der Waals surface area (Å²) in [6.07, 6.45) is 2.67. The fourth-order valence-corrected chi connectivity index (χ4v) is 1.47. The minimum atomic E-state index is -0.482. The second-order valence-electron chi connectivity index (χ2n) is 3.38. The molecule has 0 aliphatic heterocycles. The standard InChI is InChI=1S/C11H12N2O2/c14-11-12-10(13-15-11)8-4-7-9-5-2-1-3-6-9/h1-3,5-6H,4,7-8H2,(H,12,13,14). The van der Waals surface area contributed by atoms with Crippen LogP contribution in [0.25, 0.3) is 0 Å². The first-order chi connectivity index (χ1) is 7.34. The van der Waals surface area contributed by atoms with Crippen LogP contribution in [0.5, 0.6) is 0 Å². The summed E-state index contributed by atoms with van der Waals surface area (Å²) in [6.45, 7) is 0. The third-order valence-corrected chi connectivity index (χ3v) is 2.21. The fourth-order valence-electron chi connectivity index (χ4n) is 1.47. The van der Waals surface area contributed by atoms with Crippen molar-refractivity contribution in [3.8, 4) is 0 Å². The first kappa shape index (κ1) is 9.71. The molecular formula is C11H12N2O2. The first-order valence-corrected chi connectivity index (χ1v) is 4.93. The van der Waals surface area contributed by atoms with Gasteiger partial charge in [-0.1, -0.05) is 35.5 Å². The van der Waals surface area contributed by atoms with Crippen molar-refractivity contribution in [1.82, 2.24) is 10.1 Å². The van der Waals surface area contributed by atoms with Crippen LogP contribution in [0.3, 0.4) is 0 Å². The molecular weight excluding hydrogens is 192 g/mol. The van der Waals surface area contributed by atoms with Crippen LogP contribution in [0.15, 0.2) is 39.6 Å². The highest BCUT2D eigenvalue weighted by Crippen LogP contribution is 2.04. The third-order valence-electron chi connectivity index (χ3n) is 2.21. The monoisotopic (exact) mass is 204 g/mol. The lowest BCUT2D eigenvalue weighted by Gasteiger charge is -1.98. The zero-order chi connectivity index (χ0) is 10.5. The predicted molar refractivity (Wildman–Crippen MR) is 55.6 cm³/mol. The van der Waals surface area contributed by atoms with E-state index in [2.05, 4.69) is 26.8 Å². The zero-order valence-electron chi connectivity index (χ0n) is 8.27. The predicted octanol–water partition coefficient (Wildman–Crippen LogP) is 1.54. The summed E-state index contributed by atoms with van der Waals surface area (Å²) in [5.74, 6) is 0.139. The molecule has 4 nitrogen and oxygen atoms in total. The summed E-state index contributed by atoms with van der Waals surface area (Å²) in [4.78, 5) is 13.2. The van der Waals surface area contributed by atoms with E-state index in [9.17, 15) is 4.79 Å². The number of benzene rings is 1. The minimum absolute atomic E-state index is 0.482. The normalized spacial score (nSPS) is 10.4. The Balaban J connectivity index is 1.83. The van der Waals surface area contributed by atoms with Crippen molar-refractivity contribution in [3.63, 3.8) is 0 Å². The average molecular weight is 204 g/mol. The molecule has 1 aromatic heterocycles. The molecule has 0 aliphatic rings. The molecule has 2 aromatic rings. The van der Waals surface area contributed by atoms with Crippen LogP contribution in [0.4, 0.5) is 0 Å². The molecule has 4 heteroatoms. The van der Waals surface area contributed by atoms with Crippen LogP contribution < -0.4 is 5.76 Å². The molecule has 0 unspecified atom stereocenters. The summed E-state index contributed by atoms with van der Waals surface area (Å²) in [7, 11) is 0.